The number of rotatable bonds is 7. The monoisotopic (exact) mass is 281 g/mol. The van der Waals surface area contributed by atoms with Crippen LogP contribution in [0.25, 0.3) is 0 Å². The molecule has 1 aromatic carbocycles. The lowest BCUT2D eigenvalue weighted by Crippen LogP contribution is -2.31. The first kappa shape index (κ1) is 15.8. The molecule has 110 valence electrons. The van der Waals surface area contributed by atoms with Crippen molar-refractivity contribution in [3.8, 4) is 11.5 Å². The number of carboxylic acid groups (broad SMARTS) is 1. The van der Waals surface area contributed by atoms with Crippen LogP contribution in [0.5, 0.6) is 11.5 Å². The van der Waals surface area contributed by atoms with Crippen molar-refractivity contribution in [1.29, 1.82) is 0 Å². The summed E-state index contributed by atoms with van der Waals surface area (Å²) in [6, 6.07) is 4.81. The third-order valence-corrected chi connectivity index (χ3v) is 2.51. The molecule has 6 nitrogen and oxygen atoms in total. The van der Waals surface area contributed by atoms with Crippen molar-refractivity contribution in [2.75, 3.05) is 26.8 Å². The lowest BCUT2D eigenvalue weighted by atomic mass is 10.1. The summed E-state index contributed by atoms with van der Waals surface area (Å²) in [5.74, 6) is -0.399. The molecule has 0 saturated carbocycles. The minimum absolute atomic E-state index is 0.351. The Morgan fingerprint density at radius 3 is 2.30 bits per heavy atom. The third-order valence-electron chi connectivity index (χ3n) is 2.51. The van der Waals surface area contributed by atoms with Gasteiger partial charge >= 0.3 is 5.97 Å². The van der Waals surface area contributed by atoms with Gasteiger partial charge in [-0.3, -0.25) is 9.59 Å². The van der Waals surface area contributed by atoms with Crippen molar-refractivity contribution in [3.63, 3.8) is 0 Å². The van der Waals surface area contributed by atoms with E-state index >= 15 is 0 Å². The quantitative estimate of drug-likeness (QED) is 0.822. The van der Waals surface area contributed by atoms with Crippen LogP contribution in [0.4, 0.5) is 0 Å². The average Bonchev–Trinajstić information content (AvgIpc) is 2.39. The summed E-state index contributed by atoms with van der Waals surface area (Å²) >= 11 is 0. The number of aliphatic carboxylic acids is 1. The van der Waals surface area contributed by atoms with Crippen LogP contribution in [0.15, 0.2) is 18.2 Å². The number of hydrogen-bond donors (Lipinski definition) is 1. The van der Waals surface area contributed by atoms with E-state index in [9.17, 15) is 9.59 Å². The molecule has 0 aliphatic rings. The number of likely N-dealkylation sites (N-methyl/N-ethyl adjacent to an activating group) is 1. The first-order valence-corrected chi connectivity index (χ1v) is 6.36. The van der Waals surface area contributed by atoms with Gasteiger partial charge in [-0.25, -0.2) is 0 Å². The largest absolute Gasteiger partial charge is 0.490 e. The highest BCUT2D eigenvalue weighted by Gasteiger charge is 2.16. The van der Waals surface area contributed by atoms with Gasteiger partial charge in [0.2, 0.25) is 0 Å². The molecule has 0 aromatic heterocycles. The minimum atomic E-state index is -1.06. The van der Waals surface area contributed by atoms with E-state index in [2.05, 4.69) is 0 Å². The fourth-order valence-electron chi connectivity index (χ4n) is 1.68. The number of ether oxygens (including phenoxy) is 2. The molecule has 0 bridgehead atoms. The van der Waals surface area contributed by atoms with Crippen LogP contribution >= 0.6 is 0 Å². The maximum atomic E-state index is 12.1. The zero-order valence-electron chi connectivity index (χ0n) is 11.9. The highest BCUT2D eigenvalue weighted by Crippen LogP contribution is 2.28. The molecule has 20 heavy (non-hydrogen) atoms. The number of nitrogens with zero attached hydrogens (tertiary/aromatic N) is 1. The number of amides is 1. The molecule has 0 heterocycles. The minimum Gasteiger partial charge on any atom is -0.490 e. The summed E-state index contributed by atoms with van der Waals surface area (Å²) in [4.78, 5) is 23.8. The molecule has 1 N–H and O–H groups in total. The van der Waals surface area contributed by atoms with Gasteiger partial charge in [0.05, 0.1) is 13.2 Å². The molecular formula is C14H19NO5. The molecule has 0 radical (unpaired) electrons. The molecule has 1 amide bonds. The van der Waals surface area contributed by atoms with Crippen LogP contribution in [0.3, 0.4) is 0 Å². The Balaban J connectivity index is 2.98. The van der Waals surface area contributed by atoms with E-state index < -0.39 is 5.97 Å². The number of hydrogen-bond acceptors (Lipinski definition) is 4. The van der Waals surface area contributed by atoms with E-state index in [4.69, 9.17) is 14.6 Å². The van der Waals surface area contributed by atoms with Crippen LogP contribution in [-0.4, -0.2) is 48.7 Å². The van der Waals surface area contributed by atoms with Gasteiger partial charge in [-0.2, -0.15) is 0 Å². The molecule has 1 rings (SSSR count). The van der Waals surface area contributed by atoms with Crippen LogP contribution in [0.2, 0.25) is 0 Å². The average molecular weight is 281 g/mol. The highest BCUT2D eigenvalue weighted by atomic mass is 16.5. The molecule has 0 atom stereocenters. The second-order valence-corrected chi connectivity index (χ2v) is 4.08. The Hall–Kier alpha value is -2.24. The van der Waals surface area contributed by atoms with Gasteiger partial charge in [0.15, 0.2) is 11.5 Å². The van der Waals surface area contributed by atoms with Crippen molar-refractivity contribution >= 4 is 11.9 Å². The first-order chi connectivity index (χ1) is 9.49. The molecule has 1 aromatic rings. The van der Waals surface area contributed by atoms with Crippen molar-refractivity contribution in [1.82, 2.24) is 4.90 Å². The molecular weight excluding hydrogens is 262 g/mol. The van der Waals surface area contributed by atoms with E-state index in [1.54, 1.807) is 18.2 Å². The normalized spacial score (nSPS) is 9.95. The van der Waals surface area contributed by atoms with Gasteiger partial charge in [0.1, 0.15) is 6.54 Å². The fourth-order valence-corrected chi connectivity index (χ4v) is 1.68. The van der Waals surface area contributed by atoms with Gasteiger partial charge in [0, 0.05) is 12.6 Å². The molecule has 0 aliphatic heterocycles. The summed E-state index contributed by atoms with van der Waals surface area (Å²) in [5.41, 5.74) is 0.362. The maximum absolute atomic E-state index is 12.1. The Morgan fingerprint density at radius 1 is 1.15 bits per heavy atom. The summed E-state index contributed by atoms with van der Waals surface area (Å²) in [6.07, 6.45) is 0. The lowest BCUT2D eigenvalue weighted by molar-refractivity contribution is -0.137. The smallest absolute Gasteiger partial charge is 0.323 e. The van der Waals surface area contributed by atoms with Crippen LogP contribution in [0, 0.1) is 0 Å². The van der Waals surface area contributed by atoms with Crippen LogP contribution in [-0.2, 0) is 4.79 Å². The molecule has 0 spiro atoms. The third kappa shape index (κ3) is 4.15. The molecule has 6 heteroatoms. The maximum Gasteiger partial charge on any atom is 0.323 e. The van der Waals surface area contributed by atoms with E-state index in [-0.39, 0.29) is 12.5 Å². The van der Waals surface area contributed by atoms with Crippen molar-refractivity contribution < 1.29 is 24.2 Å². The molecule has 0 unspecified atom stereocenters. The standard InChI is InChI=1S/C14H19NO5/c1-4-19-11-7-6-10(8-12(11)20-5-2)14(18)15(3)9-13(16)17/h6-8H,4-5,9H2,1-3H3,(H,16,17). The van der Waals surface area contributed by atoms with E-state index in [1.807, 2.05) is 13.8 Å². The zero-order chi connectivity index (χ0) is 15.1. The van der Waals surface area contributed by atoms with Crippen LogP contribution in [0.1, 0.15) is 24.2 Å². The number of carboxylic acids is 1. The first-order valence-electron chi connectivity index (χ1n) is 6.36. The van der Waals surface area contributed by atoms with Gasteiger partial charge < -0.3 is 19.5 Å². The summed E-state index contributed by atoms with van der Waals surface area (Å²) in [7, 11) is 1.44. The number of benzene rings is 1. The van der Waals surface area contributed by atoms with E-state index in [0.717, 1.165) is 4.90 Å². The lowest BCUT2D eigenvalue weighted by Gasteiger charge is -2.16. The second-order valence-electron chi connectivity index (χ2n) is 4.08. The SMILES string of the molecule is CCOc1ccc(C(=O)N(C)CC(=O)O)cc1OCC. The second kappa shape index (κ2) is 7.37. The van der Waals surface area contributed by atoms with Gasteiger partial charge in [-0.05, 0) is 32.0 Å². The fraction of sp³-hybridized carbons (Fsp3) is 0.429. The van der Waals surface area contributed by atoms with Crippen molar-refractivity contribution in [3.05, 3.63) is 23.8 Å². The Kier molecular flexibility index (Phi) is 5.83. The summed E-state index contributed by atoms with van der Waals surface area (Å²) < 4.78 is 10.8. The van der Waals surface area contributed by atoms with Gasteiger partial charge in [-0.15, -0.1) is 0 Å². The van der Waals surface area contributed by atoms with E-state index in [1.165, 1.54) is 7.05 Å². The van der Waals surface area contributed by atoms with E-state index in [0.29, 0.717) is 30.3 Å². The van der Waals surface area contributed by atoms with Crippen molar-refractivity contribution in [2.45, 2.75) is 13.8 Å². The zero-order valence-corrected chi connectivity index (χ0v) is 11.9. The predicted molar refractivity (Wildman–Crippen MR) is 73.4 cm³/mol. The summed E-state index contributed by atoms with van der Waals surface area (Å²) in [6.45, 7) is 4.28. The van der Waals surface area contributed by atoms with Crippen molar-refractivity contribution in [2.24, 2.45) is 0 Å². The van der Waals surface area contributed by atoms with Gasteiger partial charge in [0.25, 0.3) is 5.91 Å². The number of carbonyl (C=O) groups excluding carboxylic acids is 1. The summed E-state index contributed by atoms with van der Waals surface area (Å²) in [5, 5.41) is 8.69. The molecule has 0 fully saturated rings. The topological polar surface area (TPSA) is 76.1 Å². The number of carbonyl (C=O) groups is 2. The molecule has 0 saturated heterocycles. The van der Waals surface area contributed by atoms with Crippen LogP contribution < -0.4 is 9.47 Å². The molecule has 0 aliphatic carbocycles. The predicted octanol–water partition coefficient (Wildman–Crippen LogP) is 1.64. The van der Waals surface area contributed by atoms with Gasteiger partial charge in [-0.1, -0.05) is 0 Å². The highest BCUT2D eigenvalue weighted by molar-refractivity contribution is 5.96. The Bertz CT molecular complexity index is 486. The Labute approximate surface area is 117 Å². The Morgan fingerprint density at radius 2 is 1.75 bits per heavy atom.